The highest BCUT2D eigenvalue weighted by Gasteiger charge is 2.23. The van der Waals surface area contributed by atoms with Gasteiger partial charge in [0.25, 0.3) is 7.82 Å². The number of unbranched alkanes of at least 4 members (excludes halogenated alkanes) is 21. The molecular weight excluding hydrogens is 599 g/mol. The summed E-state index contributed by atoms with van der Waals surface area (Å²) >= 11 is 0. The molecule has 0 aliphatic carbocycles. The van der Waals surface area contributed by atoms with Crippen LogP contribution in [0.5, 0.6) is 0 Å². The van der Waals surface area contributed by atoms with E-state index in [4.69, 9.17) is 9.05 Å². The van der Waals surface area contributed by atoms with Crippen LogP contribution in [0.3, 0.4) is 0 Å². The Kier molecular flexibility index (Phi) is 29.8. The highest BCUT2D eigenvalue weighted by molar-refractivity contribution is 7.45. The molecule has 46 heavy (non-hydrogen) atoms. The Morgan fingerprint density at radius 3 is 1.63 bits per heavy atom. The second kappa shape index (κ2) is 30.3. The van der Waals surface area contributed by atoms with Crippen molar-refractivity contribution in [2.24, 2.45) is 0 Å². The van der Waals surface area contributed by atoms with Crippen LogP contribution in [0.2, 0.25) is 0 Å². The van der Waals surface area contributed by atoms with E-state index >= 15 is 0 Å². The number of carbonyl (C=O) groups is 1. The van der Waals surface area contributed by atoms with E-state index in [1.165, 1.54) is 109 Å². The van der Waals surface area contributed by atoms with Crippen molar-refractivity contribution in [3.8, 4) is 0 Å². The molecule has 0 aliphatic rings. The predicted molar refractivity (Wildman–Crippen MR) is 192 cm³/mol. The van der Waals surface area contributed by atoms with Crippen molar-refractivity contribution in [3.63, 3.8) is 0 Å². The third-order valence-electron chi connectivity index (χ3n) is 8.50. The van der Waals surface area contributed by atoms with Crippen molar-refractivity contribution in [1.82, 2.24) is 5.32 Å². The Bertz CT molecular complexity index is 773. The first-order chi connectivity index (χ1) is 22.0. The van der Waals surface area contributed by atoms with Gasteiger partial charge < -0.3 is 28.8 Å². The van der Waals surface area contributed by atoms with E-state index in [-0.39, 0.29) is 19.1 Å². The number of likely N-dealkylation sites (N-methyl/N-ethyl adjacent to an activating group) is 1. The second-order valence-electron chi connectivity index (χ2n) is 14.3. The molecule has 0 saturated heterocycles. The quantitative estimate of drug-likeness (QED) is 0.0305. The van der Waals surface area contributed by atoms with Gasteiger partial charge in [0.2, 0.25) is 5.91 Å². The Balaban J connectivity index is 4.54. The lowest BCUT2D eigenvalue weighted by atomic mass is 10.0. The fourth-order valence-corrected chi connectivity index (χ4v) is 6.11. The number of nitrogens with one attached hydrogen (secondary N) is 1. The largest absolute Gasteiger partial charge is 0.756 e. The van der Waals surface area contributed by atoms with E-state index in [1.54, 1.807) is 6.08 Å². The van der Waals surface area contributed by atoms with Crippen LogP contribution in [0.1, 0.15) is 168 Å². The minimum Gasteiger partial charge on any atom is -0.756 e. The first-order valence-electron chi connectivity index (χ1n) is 19.1. The maximum absolute atomic E-state index is 12.7. The molecule has 1 unspecified atom stereocenters. The Labute approximate surface area is 284 Å². The summed E-state index contributed by atoms with van der Waals surface area (Å²) in [6.45, 7) is 4.61. The molecule has 3 atom stereocenters. The molecule has 274 valence electrons. The average Bonchev–Trinajstić information content (AvgIpc) is 2.99. The van der Waals surface area contributed by atoms with Crippen LogP contribution in [0.15, 0.2) is 12.2 Å². The van der Waals surface area contributed by atoms with E-state index in [1.807, 2.05) is 27.2 Å². The summed E-state index contributed by atoms with van der Waals surface area (Å²) in [7, 11) is 1.26. The van der Waals surface area contributed by atoms with Gasteiger partial charge in [0.1, 0.15) is 13.2 Å². The molecule has 0 heterocycles. The monoisotopic (exact) mass is 675 g/mol. The molecule has 8 nitrogen and oxygen atoms in total. The number of hydrogen-bond acceptors (Lipinski definition) is 6. The molecule has 0 rings (SSSR count). The number of allylic oxidation sites excluding steroid dienone is 1. The van der Waals surface area contributed by atoms with Gasteiger partial charge in [0, 0.05) is 6.42 Å². The van der Waals surface area contributed by atoms with Crippen molar-refractivity contribution >= 4 is 13.7 Å². The number of aliphatic hydroxyl groups excluding tert-OH is 1. The molecule has 0 aromatic carbocycles. The van der Waals surface area contributed by atoms with Crippen molar-refractivity contribution in [1.29, 1.82) is 0 Å². The molecule has 0 aromatic rings. The molecule has 2 N–H and O–H groups in total. The molecule has 9 heteroatoms. The molecule has 0 fully saturated rings. The third-order valence-corrected chi connectivity index (χ3v) is 9.46. The molecule has 0 saturated carbocycles. The molecule has 1 amide bonds. The number of rotatable bonds is 34. The first kappa shape index (κ1) is 45.2. The number of hydrogen-bond donors (Lipinski definition) is 2. The summed E-state index contributed by atoms with van der Waals surface area (Å²) < 4.78 is 23.1. The third kappa shape index (κ3) is 31.8. The topological polar surface area (TPSA) is 108 Å². The van der Waals surface area contributed by atoms with Gasteiger partial charge >= 0.3 is 0 Å². The smallest absolute Gasteiger partial charge is 0.268 e. The minimum absolute atomic E-state index is 0.00156. The molecule has 0 spiro atoms. The zero-order valence-corrected chi connectivity index (χ0v) is 31.7. The molecular formula is C37H75N2O6P. The van der Waals surface area contributed by atoms with Crippen molar-refractivity contribution in [3.05, 3.63) is 12.2 Å². The summed E-state index contributed by atoms with van der Waals surface area (Å²) in [4.78, 5) is 25.1. The van der Waals surface area contributed by atoms with Gasteiger partial charge in [-0.15, -0.1) is 0 Å². The Morgan fingerprint density at radius 1 is 0.739 bits per heavy atom. The lowest BCUT2D eigenvalue weighted by Crippen LogP contribution is -2.45. The molecule has 0 aliphatic heterocycles. The van der Waals surface area contributed by atoms with Gasteiger partial charge in [-0.05, 0) is 19.3 Å². The molecule has 0 bridgehead atoms. The zero-order valence-electron chi connectivity index (χ0n) is 30.8. The minimum atomic E-state index is -4.57. The highest BCUT2D eigenvalue weighted by atomic mass is 31.2. The zero-order chi connectivity index (χ0) is 34.4. The van der Waals surface area contributed by atoms with Crippen LogP contribution >= 0.6 is 7.82 Å². The van der Waals surface area contributed by atoms with Crippen LogP contribution in [-0.4, -0.2) is 68.5 Å². The van der Waals surface area contributed by atoms with Gasteiger partial charge in [-0.25, -0.2) is 0 Å². The lowest BCUT2D eigenvalue weighted by molar-refractivity contribution is -0.870. The predicted octanol–water partition coefficient (Wildman–Crippen LogP) is 9.00. The van der Waals surface area contributed by atoms with Gasteiger partial charge in [-0.2, -0.15) is 0 Å². The summed E-state index contributed by atoms with van der Waals surface area (Å²) in [5.41, 5.74) is 0. The number of aliphatic hydroxyl groups is 1. The lowest BCUT2D eigenvalue weighted by Gasteiger charge is -2.29. The van der Waals surface area contributed by atoms with Gasteiger partial charge in [0.05, 0.1) is 39.9 Å². The van der Waals surface area contributed by atoms with Crippen molar-refractivity contribution < 1.29 is 32.9 Å². The number of quaternary nitrogens is 1. The van der Waals surface area contributed by atoms with Crippen LogP contribution in [0.25, 0.3) is 0 Å². The van der Waals surface area contributed by atoms with Gasteiger partial charge in [-0.1, -0.05) is 154 Å². The first-order valence-corrected chi connectivity index (χ1v) is 20.5. The Hall–Kier alpha value is -0.760. The molecule has 0 radical (unpaired) electrons. The standard InChI is InChI=1S/C37H75N2O6P/c1-6-8-10-12-14-16-18-19-21-22-24-26-28-30-36(40)35(34-45-46(42,43)44-33-32-39(3,4)5)38-37(41)31-29-27-25-23-20-17-15-13-11-9-7-2/h28,30,35-36,40H,6-27,29,31-34H2,1-5H3,(H-,38,41,42,43)/b30-28+/t35-,36+/m0/s1. The van der Waals surface area contributed by atoms with E-state index in [9.17, 15) is 19.4 Å². The van der Waals surface area contributed by atoms with Gasteiger partial charge in [0.15, 0.2) is 0 Å². The normalized spacial score (nSPS) is 14.8. The summed E-state index contributed by atoms with van der Waals surface area (Å²) in [6.07, 6.45) is 31.0. The van der Waals surface area contributed by atoms with Crippen molar-refractivity contribution in [2.75, 3.05) is 40.9 Å². The SMILES string of the molecule is CCCCCCCCCCCCC/C=C/[C@@H](O)[C@H](COP(=O)([O-])OCC[N+](C)(C)C)NC(=O)CCCCCCCCCCCCC. The van der Waals surface area contributed by atoms with E-state index in [2.05, 4.69) is 19.2 Å². The maximum atomic E-state index is 12.7. The van der Waals surface area contributed by atoms with E-state index in [0.29, 0.717) is 17.4 Å². The fourth-order valence-electron chi connectivity index (χ4n) is 5.39. The second-order valence-corrected chi connectivity index (χ2v) is 15.7. The fraction of sp³-hybridized carbons (Fsp3) is 0.919. The maximum Gasteiger partial charge on any atom is 0.268 e. The number of phosphoric acid groups is 1. The van der Waals surface area contributed by atoms with Crippen LogP contribution < -0.4 is 10.2 Å². The summed E-state index contributed by atoms with van der Waals surface area (Å²) in [5.74, 6) is -0.200. The van der Waals surface area contributed by atoms with Crippen LogP contribution in [0, 0.1) is 0 Å². The summed E-state index contributed by atoms with van der Waals surface area (Å²) in [5, 5.41) is 13.7. The van der Waals surface area contributed by atoms with Gasteiger partial charge in [-0.3, -0.25) is 9.36 Å². The number of phosphoric ester groups is 1. The Morgan fingerprint density at radius 2 is 1.17 bits per heavy atom. The summed E-state index contributed by atoms with van der Waals surface area (Å²) in [6, 6.07) is -0.877. The number of amides is 1. The average molecular weight is 675 g/mol. The van der Waals surface area contributed by atoms with Crippen LogP contribution in [0.4, 0.5) is 0 Å². The molecule has 0 aromatic heterocycles. The number of carbonyl (C=O) groups excluding carboxylic acids is 1. The van der Waals surface area contributed by atoms with Crippen molar-refractivity contribution in [2.45, 2.75) is 180 Å². The van der Waals surface area contributed by atoms with Crippen LogP contribution in [-0.2, 0) is 18.4 Å². The van der Waals surface area contributed by atoms with E-state index < -0.39 is 20.0 Å². The van der Waals surface area contributed by atoms with E-state index in [0.717, 1.165) is 38.5 Å². The highest BCUT2D eigenvalue weighted by Crippen LogP contribution is 2.38. The number of nitrogens with zero attached hydrogens (tertiary/aromatic N) is 1.